The van der Waals surface area contributed by atoms with E-state index in [1.807, 2.05) is 0 Å². The highest BCUT2D eigenvalue weighted by atomic mass is 32.2. The second kappa shape index (κ2) is 6.04. The van der Waals surface area contributed by atoms with Gasteiger partial charge in [0, 0.05) is 6.07 Å². The SMILES string of the molecule is O=S(=O)(Nc1cccc(OC(F)F)c1)c1ccccc1F. The van der Waals surface area contributed by atoms with E-state index in [1.165, 1.54) is 30.3 Å². The van der Waals surface area contributed by atoms with Crippen LogP contribution in [0.2, 0.25) is 0 Å². The number of benzene rings is 2. The summed E-state index contributed by atoms with van der Waals surface area (Å²) in [4.78, 5) is -0.537. The summed E-state index contributed by atoms with van der Waals surface area (Å²) >= 11 is 0. The number of sulfonamides is 1. The summed E-state index contributed by atoms with van der Waals surface area (Å²) in [5, 5.41) is 0. The summed E-state index contributed by atoms with van der Waals surface area (Å²) < 4.78 is 68.0. The first kappa shape index (κ1) is 15.2. The fourth-order valence-corrected chi connectivity index (χ4v) is 2.74. The van der Waals surface area contributed by atoms with Gasteiger partial charge >= 0.3 is 6.61 Å². The zero-order valence-corrected chi connectivity index (χ0v) is 11.3. The molecule has 0 atom stereocenters. The van der Waals surface area contributed by atoms with Gasteiger partial charge in [0.25, 0.3) is 10.0 Å². The van der Waals surface area contributed by atoms with Crippen molar-refractivity contribution in [2.75, 3.05) is 4.72 Å². The molecule has 0 radical (unpaired) electrons. The van der Waals surface area contributed by atoms with Crippen LogP contribution >= 0.6 is 0 Å². The molecule has 0 amide bonds. The van der Waals surface area contributed by atoms with Gasteiger partial charge < -0.3 is 4.74 Å². The Morgan fingerprint density at radius 3 is 2.43 bits per heavy atom. The van der Waals surface area contributed by atoms with Crippen molar-refractivity contribution < 1.29 is 26.3 Å². The molecule has 4 nitrogen and oxygen atoms in total. The highest BCUT2D eigenvalue weighted by Gasteiger charge is 2.18. The van der Waals surface area contributed by atoms with Gasteiger partial charge in [0.05, 0.1) is 5.69 Å². The first-order valence-corrected chi connectivity index (χ1v) is 7.19. The smallest absolute Gasteiger partial charge is 0.387 e. The Bertz CT molecular complexity index is 735. The van der Waals surface area contributed by atoms with Crippen LogP contribution in [0.4, 0.5) is 18.9 Å². The molecule has 2 aromatic rings. The number of nitrogens with one attached hydrogen (secondary N) is 1. The Balaban J connectivity index is 2.27. The molecule has 0 aliphatic heterocycles. The maximum atomic E-state index is 13.5. The Kier molecular flexibility index (Phi) is 4.37. The predicted molar refractivity (Wildman–Crippen MR) is 70.3 cm³/mol. The van der Waals surface area contributed by atoms with Gasteiger partial charge in [-0.2, -0.15) is 8.78 Å². The van der Waals surface area contributed by atoms with Crippen molar-refractivity contribution in [1.29, 1.82) is 0 Å². The van der Waals surface area contributed by atoms with Crippen LogP contribution in [0.15, 0.2) is 53.4 Å². The second-order valence-corrected chi connectivity index (χ2v) is 5.59. The second-order valence-electron chi connectivity index (χ2n) is 3.94. The minimum absolute atomic E-state index is 0.0172. The molecule has 21 heavy (non-hydrogen) atoms. The molecule has 0 saturated heterocycles. The van der Waals surface area contributed by atoms with Crippen LogP contribution < -0.4 is 9.46 Å². The predicted octanol–water partition coefficient (Wildman–Crippen LogP) is 3.23. The van der Waals surface area contributed by atoms with Gasteiger partial charge in [-0.05, 0) is 24.3 Å². The summed E-state index contributed by atoms with van der Waals surface area (Å²) in [7, 11) is -4.16. The molecule has 0 saturated carbocycles. The molecule has 0 aromatic heterocycles. The number of hydrogen-bond donors (Lipinski definition) is 1. The highest BCUT2D eigenvalue weighted by Crippen LogP contribution is 2.23. The number of halogens is 3. The third-order valence-electron chi connectivity index (χ3n) is 2.44. The zero-order chi connectivity index (χ0) is 15.5. The molecule has 8 heteroatoms. The van der Waals surface area contributed by atoms with Crippen molar-refractivity contribution in [3.05, 3.63) is 54.3 Å². The fraction of sp³-hybridized carbons (Fsp3) is 0.0769. The van der Waals surface area contributed by atoms with Gasteiger partial charge in [-0.15, -0.1) is 0 Å². The van der Waals surface area contributed by atoms with Crippen LogP contribution in [0.25, 0.3) is 0 Å². The summed E-state index contributed by atoms with van der Waals surface area (Å²) in [6.07, 6.45) is 0. The third kappa shape index (κ3) is 3.88. The number of rotatable bonds is 5. The van der Waals surface area contributed by atoms with Gasteiger partial charge in [-0.3, -0.25) is 4.72 Å². The van der Waals surface area contributed by atoms with E-state index in [0.717, 1.165) is 18.2 Å². The fourth-order valence-electron chi connectivity index (χ4n) is 1.61. The van der Waals surface area contributed by atoms with Crippen molar-refractivity contribution >= 4 is 15.7 Å². The van der Waals surface area contributed by atoms with E-state index >= 15 is 0 Å². The van der Waals surface area contributed by atoms with Gasteiger partial charge in [0.15, 0.2) is 0 Å². The van der Waals surface area contributed by atoms with E-state index in [4.69, 9.17) is 0 Å². The molecule has 1 N–H and O–H groups in total. The maximum absolute atomic E-state index is 13.5. The topological polar surface area (TPSA) is 55.4 Å². The third-order valence-corrected chi connectivity index (χ3v) is 3.85. The summed E-state index contributed by atoms with van der Waals surface area (Å²) in [6.45, 7) is -3.02. The Morgan fingerprint density at radius 1 is 1.05 bits per heavy atom. The first-order chi connectivity index (χ1) is 9.88. The van der Waals surface area contributed by atoms with Crippen molar-refractivity contribution in [3.63, 3.8) is 0 Å². The molecule has 0 aliphatic rings. The lowest BCUT2D eigenvalue weighted by molar-refractivity contribution is -0.0497. The van der Waals surface area contributed by atoms with E-state index < -0.39 is 27.3 Å². The average Bonchev–Trinajstić information content (AvgIpc) is 2.38. The van der Waals surface area contributed by atoms with Crippen molar-refractivity contribution in [2.45, 2.75) is 11.5 Å². The molecular weight excluding hydrogens is 307 g/mol. The van der Waals surface area contributed by atoms with Crippen LogP contribution in [-0.2, 0) is 10.0 Å². The molecule has 2 rings (SSSR count). The van der Waals surface area contributed by atoms with Crippen LogP contribution in [0.3, 0.4) is 0 Å². The average molecular weight is 317 g/mol. The molecular formula is C13H10F3NO3S. The standard InChI is InChI=1S/C13H10F3NO3S/c14-11-6-1-2-7-12(11)21(18,19)17-9-4-3-5-10(8-9)20-13(15)16/h1-8,13,17H. The largest absolute Gasteiger partial charge is 0.435 e. The molecule has 0 bridgehead atoms. The lowest BCUT2D eigenvalue weighted by atomic mass is 10.3. The first-order valence-electron chi connectivity index (χ1n) is 5.71. The van der Waals surface area contributed by atoms with Crippen molar-refractivity contribution in [2.24, 2.45) is 0 Å². The summed E-state index contributed by atoms with van der Waals surface area (Å²) in [5.74, 6) is -1.12. The van der Waals surface area contributed by atoms with Gasteiger partial charge in [-0.1, -0.05) is 18.2 Å². The van der Waals surface area contributed by atoms with E-state index in [0.29, 0.717) is 0 Å². The highest BCUT2D eigenvalue weighted by molar-refractivity contribution is 7.92. The molecule has 2 aromatic carbocycles. The molecule has 0 fully saturated rings. The molecule has 0 spiro atoms. The van der Waals surface area contributed by atoms with Crippen LogP contribution in [0, 0.1) is 5.82 Å². The summed E-state index contributed by atoms with van der Waals surface area (Å²) in [5.41, 5.74) is -0.0172. The van der Waals surface area contributed by atoms with Crippen LogP contribution in [0.1, 0.15) is 0 Å². The number of anilines is 1. The number of hydrogen-bond acceptors (Lipinski definition) is 3. The quantitative estimate of drug-likeness (QED) is 0.921. The number of alkyl halides is 2. The lowest BCUT2D eigenvalue weighted by Gasteiger charge is -2.10. The number of ether oxygens (including phenoxy) is 1. The van der Waals surface area contributed by atoms with Crippen LogP contribution in [-0.4, -0.2) is 15.0 Å². The maximum Gasteiger partial charge on any atom is 0.387 e. The van der Waals surface area contributed by atoms with E-state index in [9.17, 15) is 21.6 Å². The molecule has 0 aliphatic carbocycles. The molecule has 0 heterocycles. The zero-order valence-electron chi connectivity index (χ0n) is 10.5. The minimum atomic E-state index is -4.16. The normalized spacial score (nSPS) is 11.4. The van der Waals surface area contributed by atoms with E-state index in [-0.39, 0.29) is 11.4 Å². The Morgan fingerprint density at radius 2 is 1.76 bits per heavy atom. The van der Waals surface area contributed by atoms with Crippen molar-refractivity contribution in [1.82, 2.24) is 0 Å². The lowest BCUT2D eigenvalue weighted by Crippen LogP contribution is -2.14. The molecule has 0 unspecified atom stereocenters. The van der Waals surface area contributed by atoms with Crippen LogP contribution in [0.5, 0.6) is 5.75 Å². The summed E-state index contributed by atoms with van der Waals surface area (Å²) in [6, 6.07) is 9.80. The van der Waals surface area contributed by atoms with Gasteiger partial charge in [0.1, 0.15) is 16.5 Å². The van der Waals surface area contributed by atoms with Gasteiger partial charge in [0.2, 0.25) is 0 Å². The Labute approximate surface area is 119 Å². The Hall–Kier alpha value is -2.22. The van der Waals surface area contributed by atoms with Crippen molar-refractivity contribution in [3.8, 4) is 5.75 Å². The monoisotopic (exact) mass is 317 g/mol. The van der Waals surface area contributed by atoms with Gasteiger partial charge in [-0.25, -0.2) is 12.8 Å². The van der Waals surface area contributed by atoms with E-state index in [1.54, 1.807) is 0 Å². The molecule has 112 valence electrons. The van der Waals surface area contributed by atoms with E-state index in [2.05, 4.69) is 9.46 Å². The minimum Gasteiger partial charge on any atom is -0.435 e.